The standard InChI is InChI=1S/C13H23N3O/c1-7-17-11(8(2)3)13-15-10(5)9(4)12(14-6)16-13/h8,11H,7H2,1-6H3,(H,14,15,16). The number of nitrogens with zero attached hydrogens (tertiary/aromatic N) is 2. The van der Waals surface area contributed by atoms with E-state index in [9.17, 15) is 0 Å². The van der Waals surface area contributed by atoms with E-state index in [4.69, 9.17) is 4.74 Å². The van der Waals surface area contributed by atoms with E-state index in [1.165, 1.54) is 0 Å². The van der Waals surface area contributed by atoms with Gasteiger partial charge in [-0.05, 0) is 26.7 Å². The van der Waals surface area contributed by atoms with Crippen LogP contribution in [0.3, 0.4) is 0 Å². The summed E-state index contributed by atoms with van der Waals surface area (Å²) in [6.07, 6.45) is -0.0357. The molecule has 0 fully saturated rings. The zero-order valence-corrected chi connectivity index (χ0v) is 11.7. The highest BCUT2D eigenvalue weighted by atomic mass is 16.5. The smallest absolute Gasteiger partial charge is 0.160 e. The van der Waals surface area contributed by atoms with Gasteiger partial charge >= 0.3 is 0 Å². The normalized spacial score (nSPS) is 12.9. The fraction of sp³-hybridized carbons (Fsp3) is 0.692. The van der Waals surface area contributed by atoms with Crippen molar-refractivity contribution in [3.8, 4) is 0 Å². The molecular weight excluding hydrogens is 214 g/mol. The molecule has 17 heavy (non-hydrogen) atoms. The van der Waals surface area contributed by atoms with Gasteiger partial charge in [-0.3, -0.25) is 0 Å². The van der Waals surface area contributed by atoms with Gasteiger partial charge in [-0.15, -0.1) is 0 Å². The van der Waals surface area contributed by atoms with Crippen molar-refractivity contribution in [2.24, 2.45) is 5.92 Å². The van der Waals surface area contributed by atoms with Crippen LogP contribution in [0.4, 0.5) is 5.82 Å². The Hall–Kier alpha value is -1.16. The number of rotatable bonds is 5. The lowest BCUT2D eigenvalue weighted by Gasteiger charge is -2.21. The molecule has 0 saturated heterocycles. The summed E-state index contributed by atoms with van der Waals surface area (Å²) in [6, 6.07) is 0. The Morgan fingerprint density at radius 2 is 1.88 bits per heavy atom. The summed E-state index contributed by atoms with van der Waals surface area (Å²) in [5.41, 5.74) is 2.10. The fourth-order valence-electron chi connectivity index (χ4n) is 1.77. The summed E-state index contributed by atoms with van der Waals surface area (Å²) in [4.78, 5) is 9.09. The maximum atomic E-state index is 5.73. The predicted octanol–water partition coefficient (Wildman–Crippen LogP) is 2.87. The zero-order valence-electron chi connectivity index (χ0n) is 11.7. The molecule has 0 aliphatic rings. The van der Waals surface area contributed by atoms with Gasteiger partial charge in [-0.2, -0.15) is 0 Å². The molecule has 1 aromatic rings. The van der Waals surface area contributed by atoms with E-state index in [1.54, 1.807) is 0 Å². The van der Waals surface area contributed by atoms with Crippen LogP contribution in [-0.4, -0.2) is 23.6 Å². The molecule has 0 aliphatic heterocycles. The van der Waals surface area contributed by atoms with Gasteiger partial charge in [0.1, 0.15) is 11.9 Å². The molecule has 0 aromatic carbocycles. The van der Waals surface area contributed by atoms with Crippen molar-refractivity contribution in [1.29, 1.82) is 0 Å². The van der Waals surface area contributed by atoms with Crippen molar-refractivity contribution in [3.05, 3.63) is 17.1 Å². The summed E-state index contributed by atoms with van der Waals surface area (Å²) in [5, 5.41) is 3.11. The maximum Gasteiger partial charge on any atom is 0.160 e. The maximum absolute atomic E-state index is 5.73. The Morgan fingerprint density at radius 1 is 1.24 bits per heavy atom. The lowest BCUT2D eigenvalue weighted by molar-refractivity contribution is 0.0232. The molecule has 1 atom stereocenters. The first-order valence-corrected chi connectivity index (χ1v) is 6.15. The van der Waals surface area contributed by atoms with Crippen LogP contribution >= 0.6 is 0 Å². The van der Waals surface area contributed by atoms with Crippen LogP contribution in [0.15, 0.2) is 0 Å². The summed E-state index contributed by atoms with van der Waals surface area (Å²) in [7, 11) is 1.88. The second-order valence-electron chi connectivity index (χ2n) is 4.51. The number of hydrogen-bond donors (Lipinski definition) is 1. The molecule has 0 saturated carbocycles. The minimum absolute atomic E-state index is 0.0357. The van der Waals surface area contributed by atoms with Gasteiger partial charge in [0, 0.05) is 24.9 Å². The number of anilines is 1. The van der Waals surface area contributed by atoms with Gasteiger partial charge in [-0.25, -0.2) is 9.97 Å². The molecule has 0 radical (unpaired) electrons. The number of ether oxygens (including phenoxy) is 1. The fourth-order valence-corrected chi connectivity index (χ4v) is 1.77. The molecule has 1 aromatic heterocycles. The van der Waals surface area contributed by atoms with Crippen molar-refractivity contribution in [3.63, 3.8) is 0 Å². The lowest BCUT2D eigenvalue weighted by atomic mass is 10.1. The van der Waals surface area contributed by atoms with Crippen LogP contribution in [0.5, 0.6) is 0 Å². The molecule has 0 bridgehead atoms. The molecule has 4 nitrogen and oxygen atoms in total. The van der Waals surface area contributed by atoms with Gasteiger partial charge in [0.2, 0.25) is 0 Å². The Morgan fingerprint density at radius 3 is 2.35 bits per heavy atom. The van der Waals surface area contributed by atoms with Crippen LogP contribution in [0.25, 0.3) is 0 Å². The third-order valence-corrected chi connectivity index (χ3v) is 2.85. The number of hydrogen-bond acceptors (Lipinski definition) is 4. The first-order valence-electron chi connectivity index (χ1n) is 6.15. The average Bonchev–Trinajstić information content (AvgIpc) is 2.29. The summed E-state index contributed by atoms with van der Waals surface area (Å²) in [5.74, 6) is 2.02. The molecule has 1 heterocycles. The summed E-state index contributed by atoms with van der Waals surface area (Å²) < 4.78 is 5.73. The molecule has 0 aliphatic carbocycles. The predicted molar refractivity (Wildman–Crippen MR) is 70.3 cm³/mol. The van der Waals surface area contributed by atoms with Crippen LogP contribution in [0.1, 0.15) is 44.0 Å². The van der Waals surface area contributed by atoms with Gasteiger partial charge < -0.3 is 10.1 Å². The monoisotopic (exact) mass is 237 g/mol. The van der Waals surface area contributed by atoms with Crippen molar-refractivity contribution in [2.75, 3.05) is 19.0 Å². The third-order valence-electron chi connectivity index (χ3n) is 2.85. The van der Waals surface area contributed by atoms with E-state index in [2.05, 4.69) is 29.1 Å². The number of aryl methyl sites for hydroxylation is 1. The van der Waals surface area contributed by atoms with Crippen molar-refractivity contribution < 1.29 is 4.74 Å². The minimum Gasteiger partial charge on any atom is -0.373 e. The zero-order chi connectivity index (χ0) is 13.0. The van der Waals surface area contributed by atoms with Crippen LogP contribution in [0.2, 0.25) is 0 Å². The number of nitrogens with one attached hydrogen (secondary N) is 1. The van der Waals surface area contributed by atoms with Gasteiger partial charge in [0.05, 0.1) is 0 Å². The Kier molecular flexibility index (Phi) is 4.87. The molecule has 0 amide bonds. The first-order chi connectivity index (χ1) is 8.01. The molecule has 1 rings (SSSR count). The van der Waals surface area contributed by atoms with Crippen molar-refractivity contribution in [2.45, 2.75) is 40.7 Å². The highest BCUT2D eigenvalue weighted by Gasteiger charge is 2.20. The van der Waals surface area contributed by atoms with Crippen LogP contribution < -0.4 is 5.32 Å². The molecule has 1 unspecified atom stereocenters. The van der Waals surface area contributed by atoms with Crippen LogP contribution in [0, 0.1) is 19.8 Å². The van der Waals surface area contributed by atoms with E-state index < -0.39 is 0 Å². The average molecular weight is 237 g/mol. The molecule has 96 valence electrons. The largest absolute Gasteiger partial charge is 0.373 e. The quantitative estimate of drug-likeness (QED) is 0.855. The summed E-state index contributed by atoms with van der Waals surface area (Å²) in [6.45, 7) is 10.9. The number of aromatic nitrogens is 2. The summed E-state index contributed by atoms with van der Waals surface area (Å²) >= 11 is 0. The molecule has 4 heteroatoms. The lowest BCUT2D eigenvalue weighted by Crippen LogP contribution is -2.16. The Bertz CT molecular complexity index is 377. The van der Waals surface area contributed by atoms with Crippen LogP contribution in [-0.2, 0) is 4.74 Å². The van der Waals surface area contributed by atoms with E-state index >= 15 is 0 Å². The molecular formula is C13H23N3O. The molecule has 1 N–H and O–H groups in total. The van der Waals surface area contributed by atoms with Gasteiger partial charge in [0.25, 0.3) is 0 Å². The van der Waals surface area contributed by atoms with Crippen molar-refractivity contribution in [1.82, 2.24) is 9.97 Å². The van der Waals surface area contributed by atoms with E-state index in [-0.39, 0.29) is 6.10 Å². The SMILES string of the molecule is CCOC(c1nc(C)c(C)c(NC)n1)C(C)C. The Labute approximate surface area is 104 Å². The minimum atomic E-state index is -0.0357. The second-order valence-corrected chi connectivity index (χ2v) is 4.51. The topological polar surface area (TPSA) is 47.0 Å². The van der Waals surface area contributed by atoms with Gasteiger partial charge in [0.15, 0.2) is 5.82 Å². The molecule has 0 spiro atoms. The van der Waals surface area contributed by atoms with Gasteiger partial charge in [-0.1, -0.05) is 13.8 Å². The first kappa shape index (κ1) is 13.9. The Balaban J connectivity index is 3.15. The van der Waals surface area contributed by atoms with E-state index in [0.717, 1.165) is 22.9 Å². The van der Waals surface area contributed by atoms with E-state index in [1.807, 2.05) is 27.8 Å². The third kappa shape index (κ3) is 3.16. The second kappa shape index (κ2) is 5.96. The highest BCUT2D eigenvalue weighted by molar-refractivity contribution is 5.44. The van der Waals surface area contributed by atoms with Crippen molar-refractivity contribution >= 4 is 5.82 Å². The highest BCUT2D eigenvalue weighted by Crippen LogP contribution is 2.25. The van der Waals surface area contributed by atoms with E-state index in [0.29, 0.717) is 12.5 Å².